The number of carbonyl (C=O) groups excluding carboxylic acids is 1. The highest BCUT2D eigenvalue weighted by atomic mass is 16.1. The lowest BCUT2D eigenvalue weighted by atomic mass is 10.00. The number of aromatic nitrogens is 2. The van der Waals surface area contributed by atoms with E-state index in [1.54, 1.807) is 30.3 Å². The monoisotopic (exact) mass is 335 g/mol. The lowest BCUT2D eigenvalue weighted by Crippen LogP contribution is -2.39. The predicted octanol–water partition coefficient (Wildman–Crippen LogP) is 3.37. The second-order valence-corrected chi connectivity index (χ2v) is 6.16. The van der Waals surface area contributed by atoms with Crippen molar-refractivity contribution in [3.63, 3.8) is 0 Å². The average Bonchev–Trinajstić information content (AvgIpc) is 2.68. The van der Waals surface area contributed by atoms with E-state index in [2.05, 4.69) is 33.2 Å². The Kier molecular flexibility index (Phi) is 5.24. The molecule has 1 saturated heterocycles. The van der Waals surface area contributed by atoms with E-state index in [9.17, 15) is 4.79 Å². The summed E-state index contributed by atoms with van der Waals surface area (Å²) < 4.78 is 0. The first-order chi connectivity index (χ1) is 12.2. The van der Waals surface area contributed by atoms with Gasteiger partial charge < -0.3 is 10.2 Å². The molecule has 0 bridgehead atoms. The van der Waals surface area contributed by atoms with Gasteiger partial charge in [0.15, 0.2) is 0 Å². The van der Waals surface area contributed by atoms with Crippen LogP contribution in [0.1, 0.15) is 48.7 Å². The fraction of sp³-hybridized carbons (Fsp3) is 0.368. The first kappa shape index (κ1) is 16.9. The van der Waals surface area contributed by atoms with E-state index in [-0.39, 0.29) is 5.91 Å². The average molecular weight is 335 g/mol. The van der Waals surface area contributed by atoms with Crippen LogP contribution in [0.3, 0.4) is 0 Å². The van der Waals surface area contributed by atoms with Crippen LogP contribution in [-0.2, 0) is 0 Å². The summed E-state index contributed by atoms with van der Waals surface area (Å²) in [5, 5.41) is 11.6. The number of nitrogens with one attached hydrogen (secondary N) is 1. The molecule has 1 aliphatic heterocycles. The molecule has 0 spiro atoms. The van der Waals surface area contributed by atoms with Gasteiger partial charge in [-0.1, -0.05) is 6.92 Å². The molecule has 1 aliphatic rings. The van der Waals surface area contributed by atoms with Crippen molar-refractivity contribution in [2.75, 3.05) is 16.8 Å². The molecular weight excluding hydrogens is 314 g/mol. The molecule has 1 fully saturated rings. The molecule has 1 N–H and O–H groups in total. The quantitative estimate of drug-likeness (QED) is 0.926. The molecular formula is C19H21N5O. The van der Waals surface area contributed by atoms with Crippen LogP contribution < -0.4 is 10.2 Å². The number of hydrogen-bond donors (Lipinski definition) is 1. The number of anilines is 2. The SMILES string of the molecule is CCC1CCCCN1c1cc(C(=O)Nc2ccc(C#N)cc2)ncn1. The molecule has 1 atom stereocenters. The maximum absolute atomic E-state index is 12.5. The molecule has 6 heteroatoms. The van der Waals surface area contributed by atoms with Crippen LogP contribution >= 0.6 is 0 Å². The van der Waals surface area contributed by atoms with Gasteiger partial charge >= 0.3 is 0 Å². The highest BCUT2D eigenvalue weighted by Crippen LogP contribution is 2.25. The smallest absolute Gasteiger partial charge is 0.274 e. The first-order valence-electron chi connectivity index (χ1n) is 8.61. The minimum atomic E-state index is -0.279. The maximum atomic E-state index is 12.5. The fourth-order valence-corrected chi connectivity index (χ4v) is 3.18. The van der Waals surface area contributed by atoms with Crippen molar-refractivity contribution in [2.45, 2.75) is 38.6 Å². The van der Waals surface area contributed by atoms with Crippen molar-refractivity contribution >= 4 is 17.4 Å². The molecule has 1 amide bonds. The van der Waals surface area contributed by atoms with Crippen LogP contribution in [0.5, 0.6) is 0 Å². The van der Waals surface area contributed by atoms with Gasteiger partial charge in [0, 0.05) is 24.3 Å². The van der Waals surface area contributed by atoms with E-state index >= 15 is 0 Å². The van der Waals surface area contributed by atoms with Crippen molar-refractivity contribution < 1.29 is 4.79 Å². The van der Waals surface area contributed by atoms with Gasteiger partial charge in [-0.05, 0) is 49.9 Å². The van der Waals surface area contributed by atoms with Crippen LogP contribution in [0.15, 0.2) is 36.7 Å². The Morgan fingerprint density at radius 1 is 1.32 bits per heavy atom. The van der Waals surface area contributed by atoms with Gasteiger partial charge in [-0.3, -0.25) is 4.79 Å². The standard InChI is InChI=1S/C19H21N5O/c1-2-16-5-3-4-10-24(16)18-11-17(21-13-22-18)19(25)23-15-8-6-14(12-20)7-9-15/h6-9,11,13,16H,2-5,10H2,1H3,(H,23,25). The third kappa shape index (κ3) is 3.94. The van der Waals surface area contributed by atoms with E-state index in [1.165, 1.54) is 12.7 Å². The number of hydrogen-bond acceptors (Lipinski definition) is 5. The summed E-state index contributed by atoms with van der Waals surface area (Å²) >= 11 is 0. The summed E-state index contributed by atoms with van der Waals surface area (Å²) in [6.45, 7) is 3.15. The predicted molar refractivity (Wildman–Crippen MR) is 96.4 cm³/mol. The van der Waals surface area contributed by atoms with Crippen LogP contribution in [0, 0.1) is 11.3 Å². The van der Waals surface area contributed by atoms with Crippen molar-refractivity contribution in [2.24, 2.45) is 0 Å². The third-order valence-electron chi connectivity index (χ3n) is 4.55. The van der Waals surface area contributed by atoms with Gasteiger partial charge in [0.25, 0.3) is 5.91 Å². The molecule has 1 aromatic heterocycles. The zero-order chi connectivity index (χ0) is 17.6. The van der Waals surface area contributed by atoms with Gasteiger partial charge in [-0.15, -0.1) is 0 Å². The highest BCUT2D eigenvalue weighted by molar-refractivity contribution is 6.03. The second-order valence-electron chi connectivity index (χ2n) is 6.16. The van der Waals surface area contributed by atoms with Crippen molar-refractivity contribution in [3.8, 4) is 6.07 Å². The van der Waals surface area contributed by atoms with E-state index in [0.29, 0.717) is 23.0 Å². The Bertz CT molecular complexity index is 781. The number of carbonyl (C=O) groups is 1. The summed E-state index contributed by atoms with van der Waals surface area (Å²) in [7, 11) is 0. The van der Waals surface area contributed by atoms with E-state index < -0.39 is 0 Å². The summed E-state index contributed by atoms with van der Waals surface area (Å²) in [5.74, 6) is 0.532. The van der Waals surface area contributed by atoms with Gasteiger partial charge in [0.05, 0.1) is 11.6 Å². The Morgan fingerprint density at radius 3 is 2.84 bits per heavy atom. The van der Waals surface area contributed by atoms with Gasteiger partial charge in [0.2, 0.25) is 0 Å². The molecule has 0 aliphatic carbocycles. The fourth-order valence-electron chi connectivity index (χ4n) is 3.18. The Morgan fingerprint density at radius 2 is 2.12 bits per heavy atom. The maximum Gasteiger partial charge on any atom is 0.274 e. The Hall–Kier alpha value is -2.94. The lowest BCUT2D eigenvalue weighted by molar-refractivity contribution is 0.102. The molecule has 128 valence electrons. The zero-order valence-corrected chi connectivity index (χ0v) is 14.3. The first-order valence-corrected chi connectivity index (χ1v) is 8.61. The number of nitrogens with zero attached hydrogens (tertiary/aromatic N) is 4. The number of nitriles is 1. The lowest BCUT2D eigenvalue weighted by Gasteiger charge is -2.36. The van der Waals surface area contributed by atoms with Crippen molar-refractivity contribution in [1.82, 2.24) is 9.97 Å². The van der Waals surface area contributed by atoms with E-state index in [4.69, 9.17) is 5.26 Å². The van der Waals surface area contributed by atoms with E-state index in [0.717, 1.165) is 31.6 Å². The van der Waals surface area contributed by atoms with Crippen molar-refractivity contribution in [3.05, 3.63) is 47.9 Å². The number of piperidine rings is 1. The molecule has 6 nitrogen and oxygen atoms in total. The molecule has 2 heterocycles. The largest absolute Gasteiger partial charge is 0.354 e. The summed E-state index contributed by atoms with van der Waals surface area (Å²) in [4.78, 5) is 23.2. The van der Waals surface area contributed by atoms with Crippen LogP contribution in [0.2, 0.25) is 0 Å². The molecule has 1 aromatic carbocycles. The normalized spacial score (nSPS) is 17.0. The molecule has 0 radical (unpaired) electrons. The van der Waals surface area contributed by atoms with Crippen LogP contribution in [0.4, 0.5) is 11.5 Å². The molecule has 2 aromatic rings. The van der Waals surface area contributed by atoms with Crippen LogP contribution in [0.25, 0.3) is 0 Å². The van der Waals surface area contributed by atoms with Gasteiger partial charge in [0.1, 0.15) is 17.8 Å². The van der Waals surface area contributed by atoms with E-state index in [1.807, 2.05) is 0 Å². The molecule has 25 heavy (non-hydrogen) atoms. The van der Waals surface area contributed by atoms with Crippen LogP contribution in [-0.4, -0.2) is 28.5 Å². The Labute approximate surface area is 147 Å². The number of amides is 1. The summed E-state index contributed by atoms with van der Waals surface area (Å²) in [5.41, 5.74) is 1.53. The summed E-state index contributed by atoms with van der Waals surface area (Å²) in [6, 6.07) is 11.0. The highest BCUT2D eigenvalue weighted by Gasteiger charge is 2.23. The topological polar surface area (TPSA) is 81.9 Å². The summed E-state index contributed by atoms with van der Waals surface area (Å²) in [6.07, 6.45) is 6.06. The van der Waals surface area contributed by atoms with Gasteiger partial charge in [-0.25, -0.2) is 9.97 Å². The zero-order valence-electron chi connectivity index (χ0n) is 14.3. The second kappa shape index (κ2) is 7.75. The molecule has 0 saturated carbocycles. The molecule has 1 unspecified atom stereocenters. The minimum Gasteiger partial charge on any atom is -0.354 e. The van der Waals surface area contributed by atoms with Crippen molar-refractivity contribution in [1.29, 1.82) is 5.26 Å². The molecule has 3 rings (SSSR count). The number of rotatable bonds is 4. The third-order valence-corrected chi connectivity index (χ3v) is 4.55. The Balaban J connectivity index is 1.75. The minimum absolute atomic E-state index is 0.279. The van der Waals surface area contributed by atoms with Gasteiger partial charge in [-0.2, -0.15) is 5.26 Å². The number of benzene rings is 1.